The first-order chi connectivity index (χ1) is 13.8. The highest BCUT2D eigenvalue weighted by Crippen LogP contribution is 2.14. The fraction of sp³-hybridized carbons (Fsp3) is 0.654. The van der Waals surface area contributed by atoms with Crippen LogP contribution in [-0.4, -0.2) is 5.97 Å². The van der Waals surface area contributed by atoms with Crippen LogP contribution in [0.1, 0.15) is 110 Å². The van der Waals surface area contributed by atoms with Crippen LogP contribution in [0.15, 0.2) is 42.5 Å². The number of esters is 1. The summed E-state index contributed by atoms with van der Waals surface area (Å²) < 4.78 is 5.22. The molecule has 0 aliphatic carbocycles. The summed E-state index contributed by atoms with van der Waals surface area (Å²) in [5, 5.41) is 0. The maximum Gasteiger partial charge on any atom is 0.335 e. The lowest BCUT2D eigenvalue weighted by molar-refractivity contribution is -0.129. The number of carbonyl (C=O) groups is 1. The molecule has 28 heavy (non-hydrogen) atoms. The Balaban J connectivity index is 1.80. The number of rotatable bonds is 18. The van der Waals surface area contributed by atoms with Gasteiger partial charge >= 0.3 is 5.97 Å². The van der Waals surface area contributed by atoms with Crippen LogP contribution in [0.3, 0.4) is 0 Å². The van der Waals surface area contributed by atoms with Gasteiger partial charge in [0.25, 0.3) is 0 Å². The van der Waals surface area contributed by atoms with Crippen LogP contribution in [0, 0.1) is 0 Å². The maximum atomic E-state index is 11.7. The van der Waals surface area contributed by atoms with E-state index in [1.165, 1.54) is 89.9 Å². The Labute approximate surface area is 173 Å². The van der Waals surface area contributed by atoms with E-state index in [0.29, 0.717) is 5.75 Å². The smallest absolute Gasteiger partial charge is 0.335 e. The highest BCUT2D eigenvalue weighted by Gasteiger charge is 1.98. The van der Waals surface area contributed by atoms with Crippen LogP contribution in [-0.2, 0) is 4.79 Å². The molecule has 0 amide bonds. The molecule has 0 atom stereocenters. The highest BCUT2D eigenvalue weighted by molar-refractivity contribution is 5.83. The van der Waals surface area contributed by atoms with Gasteiger partial charge in [0.15, 0.2) is 0 Å². The number of unbranched alkanes of at least 4 members (excludes halogenated alkanes) is 15. The normalized spacial score (nSPS) is 11.2. The van der Waals surface area contributed by atoms with E-state index in [1.54, 1.807) is 18.2 Å². The maximum absolute atomic E-state index is 11.7. The summed E-state index contributed by atoms with van der Waals surface area (Å²) in [5.41, 5.74) is 0. The molecule has 0 unspecified atom stereocenters. The lowest BCUT2D eigenvalue weighted by Gasteiger charge is -2.03. The van der Waals surface area contributed by atoms with Crippen molar-refractivity contribution in [2.24, 2.45) is 0 Å². The zero-order valence-corrected chi connectivity index (χ0v) is 18.2. The molecule has 2 heteroatoms. The van der Waals surface area contributed by atoms with Gasteiger partial charge in [-0.1, -0.05) is 121 Å². The van der Waals surface area contributed by atoms with Gasteiger partial charge in [0.05, 0.1) is 0 Å². The van der Waals surface area contributed by atoms with Gasteiger partial charge in [-0.15, -0.1) is 0 Å². The van der Waals surface area contributed by atoms with Crippen molar-refractivity contribution in [3.8, 4) is 5.75 Å². The molecule has 0 fully saturated rings. The summed E-state index contributed by atoms with van der Waals surface area (Å²) in [6, 6.07) is 9.22. The van der Waals surface area contributed by atoms with Gasteiger partial charge in [0.1, 0.15) is 5.75 Å². The number of ether oxygens (including phenoxy) is 1. The van der Waals surface area contributed by atoms with Crippen LogP contribution in [0.25, 0.3) is 0 Å². The largest absolute Gasteiger partial charge is 0.423 e. The third-order valence-corrected chi connectivity index (χ3v) is 5.19. The molecule has 158 valence electrons. The van der Waals surface area contributed by atoms with Crippen molar-refractivity contribution in [3.63, 3.8) is 0 Å². The number of carbonyl (C=O) groups excluding carboxylic acids is 1. The minimum Gasteiger partial charge on any atom is -0.423 e. The van der Waals surface area contributed by atoms with Gasteiger partial charge in [-0.2, -0.15) is 0 Å². The fourth-order valence-electron chi connectivity index (χ4n) is 3.45. The van der Waals surface area contributed by atoms with Crippen molar-refractivity contribution in [3.05, 3.63) is 42.5 Å². The summed E-state index contributed by atoms with van der Waals surface area (Å²) in [7, 11) is 0. The number of para-hydroxylation sites is 1. The molecule has 0 spiro atoms. The molecule has 0 aliphatic rings. The van der Waals surface area contributed by atoms with Crippen molar-refractivity contribution < 1.29 is 9.53 Å². The number of hydrogen-bond donors (Lipinski definition) is 0. The third-order valence-electron chi connectivity index (χ3n) is 5.19. The summed E-state index contributed by atoms with van der Waals surface area (Å²) in [4.78, 5) is 11.7. The first-order valence-electron chi connectivity index (χ1n) is 11.8. The second kappa shape index (κ2) is 18.8. The van der Waals surface area contributed by atoms with Crippen LogP contribution in [0.4, 0.5) is 0 Å². The molecule has 1 rings (SSSR count). The van der Waals surface area contributed by atoms with Crippen LogP contribution >= 0.6 is 0 Å². The molecule has 0 bridgehead atoms. The Morgan fingerprint density at radius 1 is 0.714 bits per heavy atom. The fourth-order valence-corrected chi connectivity index (χ4v) is 3.45. The predicted molar refractivity (Wildman–Crippen MR) is 121 cm³/mol. The topological polar surface area (TPSA) is 26.3 Å². The lowest BCUT2D eigenvalue weighted by atomic mass is 10.0. The molecule has 2 nitrogen and oxygen atoms in total. The zero-order chi connectivity index (χ0) is 20.1. The Bertz CT molecular complexity index is 492. The van der Waals surface area contributed by atoms with E-state index in [1.807, 2.05) is 24.3 Å². The Morgan fingerprint density at radius 3 is 1.68 bits per heavy atom. The Morgan fingerprint density at radius 2 is 1.18 bits per heavy atom. The lowest BCUT2D eigenvalue weighted by Crippen LogP contribution is -2.03. The summed E-state index contributed by atoms with van der Waals surface area (Å²) >= 11 is 0. The average Bonchev–Trinajstić information content (AvgIpc) is 2.71. The van der Waals surface area contributed by atoms with Crippen LogP contribution < -0.4 is 4.74 Å². The molecule has 0 aromatic heterocycles. The quantitative estimate of drug-likeness (QED) is 0.109. The molecule has 1 aromatic rings. The van der Waals surface area contributed by atoms with E-state index in [0.717, 1.165) is 12.8 Å². The first-order valence-corrected chi connectivity index (χ1v) is 11.8. The molecular weight excluding hydrogens is 344 g/mol. The second-order valence-corrected chi connectivity index (χ2v) is 7.87. The molecule has 0 saturated heterocycles. The van der Waals surface area contributed by atoms with Crippen molar-refractivity contribution in [2.75, 3.05) is 0 Å². The third kappa shape index (κ3) is 15.5. The monoisotopic (exact) mass is 386 g/mol. The van der Waals surface area contributed by atoms with Crippen molar-refractivity contribution >= 4 is 5.97 Å². The summed E-state index contributed by atoms with van der Waals surface area (Å²) in [5.74, 6) is 0.316. The molecule has 0 saturated carbocycles. The van der Waals surface area contributed by atoms with E-state index in [9.17, 15) is 4.79 Å². The number of hydrogen-bond acceptors (Lipinski definition) is 2. The SMILES string of the molecule is CCCCCCCCCCCCCCCCC/C=C/C(=O)Oc1ccccc1. The van der Waals surface area contributed by atoms with Crippen molar-refractivity contribution in [1.29, 1.82) is 0 Å². The molecule has 0 heterocycles. The van der Waals surface area contributed by atoms with Gasteiger partial charge in [0.2, 0.25) is 0 Å². The minimum absolute atomic E-state index is 0.285. The van der Waals surface area contributed by atoms with Crippen molar-refractivity contribution in [1.82, 2.24) is 0 Å². The van der Waals surface area contributed by atoms with E-state index < -0.39 is 0 Å². The molecule has 0 aliphatic heterocycles. The van der Waals surface area contributed by atoms with Crippen LogP contribution in [0.2, 0.25) is 0 Å². The van der Waals surface area contributed by atoms with Gasteiger partial charge in [-0.25, -0.2) is 4.79 Å². The van der Waals surface area contributed by atoms with E-state index >= 15 is 0 Å². The van der Waals surface area contributed by atoms with Gasteiger partial charge in [-0.3, -0.25) is 0 Å². The van der Waals surface area contributed by atoms with Crippen molar-refractivity contribution in [2.45, 2.75) is 110 Å². The molecule has 0 radical (unpaired) electrons. The predicted octanol–water partition coefficient (Wildman–Crippen LogP) is 8.41. The van der Waals surface area contributed by atoms with Crippen LogP contribution in [0.5, 0.6) is 5.75 Å². The van der Waals surface area contributed by atoms with E-state index in [-0.39, 0.29) is 5.97 Å². The molecule has 1 aromatic carbocycles. The number of benzene rings is 1. The van der Waals surface area contributed by atoms with E-state index in [4.69, 9.17) is 4.74 Å². The minimum atomic E-state index is -0.285. The summed E-state index contributed by atoms with van der Waals surface area (Å²) in [6.07, 6.45) is 25.1. The standard InChI is InChI=1S/C26H42O2/c1-2-3-4-5-6-7-8-9-10-11-12-13-14-15-16-17-21-24-26(27)28-25-22-19-18-20-23-25/h18-24H,2-17H2,1H3/b24-21+. The Kier molecular flexibility index (Phi) is 16.4. The van der Waals surface area contributed by atoms with Gasteiger partial charge < -0.3 is 4.74 Å². The first kappa shape index (κ1) is 24.5. The molecule has 0 N–H and O–H groups in total. The average molecular weight is 387 g/mol. The molecular formula is C26H42O2. The zero-order valence-electron chi connectivity index (χ0n) is 18.2. The second-order valence-electron chi connectivity index (χ2n) is 7.87. The Hall–Kier alpha value is -1.57. The highest BCUT2D eigenvalue weighted by atomic mass is 16.5. The van der Waals surface area contributed by atoms with Gasteiger partial charge in [0, 0.05) is 6.08 Å². The number of allylic oxidation sites excluding steroid dienone is 1. The van der Waals surface area contributed by atoms with Gasteiger partial charge in [-0.05, 0) is 25.0 Å². The van der Waals surface area contributed by atoms with E-state index in [2.05, 4.69) is 6.92 Å². The summed E-state index contributed by atoms with van der Waals surface area (Å²) in [6.45, 7) is 2.28.